The lowest BCUT2D eigenvalue weighted by Gasteiger charge is -2.26. The second-order valence-electron chi connectivity index (χ2n) is 4.77. The lowest BCUT2D eigenvalue weighted by atomic mass is 10.3. The number of nitrogen functional groups attached to an aromatic ring is 1. The maximum absolute atomic E-state index is 12.5. The number of hydrogen-bond donors (Lipinski definition) is 1. The summed E-state index contributed by atoms with van der Waals surface area (Å²) in [5.74, 6) is 0.985. The van der Waals surface area contributed by atoms with Crippen molar-refractivity contribution in [1.29, 1.82) is 0 Å². The molecule has 0 saturated heterocycles. The third kappa shape index (κ3) is 2.09. The zero-order chi connectivity index (χ0) is 14.3. The average molecular weight is 293 g/mol. The fraction of sp³-hybridized carbons (Fsp3) is 0.455. The van der Waals surface area contributed by atoms with E-state index in [1.54, 1.807) is 11.2 Å². The molecule has 8 nitrogen and oxygen atoms in total. The molecule has 20 heavy (non-hydrogen) atoms. The molecule has 0 radical (unpaired) electrons. The van der Waals surface area contributed by atoms with E-state index in [1.165, 1.54) is 11.3 Å². The minimum absolute atomic E-state index is 0.0950. The van der Waals surface area contributed by atoms with Gasteiger partial charge in [0.05, 0.1) is 6.54 Å². The molecule has 0 unspecified atom stereocenters. The van der Waals surface area contributed by atoms with Crippen molar-refractivity contribution in [2.75, 3.05) is 31.3 Å². The molecule has 1 aliphatic heterocycles. The Balaban J connectivity index is 1.83. The molecular weight excluding hydrogens is 278 g/mol. The first kappa shape index (κ1) is 12.9. The Hall–Kier alpha value is -2.16. The van der Waals surface area contributed by atoms with Crippen molar-refractivity contribution in [3.05, 3.63) is 17.0 Å². The van der Waals surface area contributed by atoms with Crippen molar-refractivity contribution >= 4 is 28.2 Å². The fourth-order valence-electron chi connectivity index (χ4n) is 2.05. The summed E-state index contributed by atoms with van der Waals surface area (Å²) in [4.78, 5) is 20.8. The Morgan fingerprint density at radius 1 is 1.45 bits per heavy atom. The van der Waals surface area contributed by atoms with Gasteiger partial charge in [-0.05, 0) is 0 Å². The van der Waals surface area contributed by atoms with Crippen LogP contribution in [0.5, 0.6) is 0 Å². The lowest BCUT2D eigenvalue weighted by molar-refractivity contribution is 0.0713. The molecule has 0 aromatic carbocycles. The topological polar surface area (TPSA) is 93.2 Å². The van der Waals surface area contributed by atoms with Crippen LogP contribution in [-0.4, -0.2) is 51.2 Å². The standard InChI is InChI=1S/C11H15N7OS/c1-16(2)11-14-9(12)8(20-11)10(19)17-3-4-18-6-13-15-7(18)5-17/h6H,3-5,12H2,1-2H3. The third-order valence-corrected chi connectivity index (χ3v) is 4.37. The highest BCUT2D eigenvalue weighted by Gasteiger charge is 2.26. The first-order valence-electron chi connectivity index (χ1n) is 6.16. The number of anilines is 2. The van der Waals surface area contributed by atoms with Crippen LogP contribution in [0.2, 0.25) is 0 Å². The molecule has 2 aromatic heterocycles. The number of carbonyl (C=O) groups is 1. The Morgan fingerprint density at radius 3 is 2.95 bits per heavy atom. The minimum Gasteiger partial charge on any atom is -0.382 e. The summed E-state index contributed by atoms with van der Waals surface area (Å²) in [6.07, 6.45) is 1.68. The van der Waals surface area contributed by atoms with Crippen LogP contribution in [0.3, 0.4) is 0 Å². The van der Waals surface area contributed by atoms with Crippen LogP contribution in [-0.2, 0) is 13.1 Å². The normalized spacial score (nSPS) is 14.2. The minimum atomic E-state index is -0.0950. The number of amides is 1. The predicted octanol–water partition coefficient (Wildman–Crippen LogP) is 0.0388. The van der Waals surface area contributed by atoms with Crippen LogP contribution in [0.25, 0.3) is 0 Å². The van der Waals surface area contributed by atoms with Gasteiger partial charge in [-0.15, -0.1) is 10.2 Å². The van der Waals surface area contributed by atoms with Gasteiger partial charge >= 0.3 is 0 Å². The number of carbonyl (C=O) groups excluding carboxylic acids is 1. The molecule has 9 heteroatoms. The molecular formula is C11H15N7OS. The Kier molecular flexibility index (Phi) is 3.05. The Bertz CT molecular complexity index is 647. The molecule has 2 N–H and O–H groups in total. The Labute approximate surface area is 119 Å². The van der Waals surface area contributed by atoms with Gasteiger partial charge < -0.3 is 20.1 Å². The van der Waals surface area contributed by atoms with E-state index in [4.69, 9.17) is 5.73 Å². The zero-order valence-electron chi connectivity index (χ0n) is 11.3. The van der Waals surface area contributed by atoms with E-state index in [1.807, 2.05) is 23.6 Å². The van der Waals surface area contributed by atoms with E-state index in [-0.39, 0.29) is 11.7 Å². The largest absolute Gasteiger partial charge is 0.382 e. The number of aromatic nitrogens is 4. The van der Waals surface area contributed by atoms with Crippen LogP contribution in [0, 0.1) is 0 Å². The number of nitrogens with zero attached hydrogens (tertiary/aromatic N) is 6. The molecule has 0 aliphatic carbocycles. The third-order valence-electron chi connectivity index (χ3n) is 3.14. The maximum atomic E-state index is 12.5. The SMILES string of the molecule is CN(C)c1nc(N)c(C(=O)N2CCn3cnnc3C2)s1. The number of fused-ring (bicyclic) bond motifs is 1. The highest BCUT2D eigenvalue weighted by atomic mass is 32.1. The fourth-order valence-corrected chi connectivity index (χ4v) is 2.92. The smallest absolute Gasteiger partial charge is 0.268 e. The van der Waals surface area contributed by atoms with Gasteiger partial charge in [0.2, 0.25) is 0 Å². The molecule has 1 amide bonds. The van der Waals surface area contributed by atoms with E-state index >= 15 is 0 Å². The number of thiazole rings is 1. The van der Waals surface area contributed by atoms with Gasteiger partial charge in [0.1, 0.15) is 17.0 Å². The molecule has 0 saturated carbocycles. The molecule has 0 bridgehead atoms. The predicted molar refractivity (Wildman–Crippen MR) is 75.6 cm³/mol. The second kappa shape index (κ2) is 4.75. The van der Waals surface area contributed by atoms with Gasteiger partial charge in [0, 0.05) is 27.2 Å². The quantitative estimate of drug-likeness (QED) is 0.840. The summed E-state index contributed by atoms with van der Waals surface area (Å²) in [6, 6.07) is 0. The van der Waals surface area contributed by atoms with E-state index in [9.17, 15) is 4.79 Å². The van der Waals surface area contributed by atoms with Crippen LogP contribution in [0.4, 0.5) is 10.9 Å². The molecule has 0 spiro atoms. The monoisotopic (exact) mass is 293 g/mol. The summed E-state index contributed by atoms with van der Waals surface area (Å²) in [7, 11) is 3.74. The van der Waals surface area contributed by atoms with Crippen molar-refractivity contribution in [2.45, 2.75) is 13.1 Å². The number of rotatable bonds is 2. The van der Waals surface area contributed by atoms with E-state index in [0.717, 1.165) is 11.0 Å². The highest BCUT2D eigenvalue weighted by Crippen LogP contribution is 2.28. The maximum Gasteiger partial charge on any atom is 0.268 e. The summed E-state index contributed by atoms with van der Waals surface area (Å²) in [5, 5.41) is 8.58. The van der Waals surface area contributed by atoms with Crippen molar-refractivity contribution in [1.82, 2.24) is 24.6 Å². The van der Waals surface area contributed by atoms with Gasteiger partial charge in [-0.3, -0.25) is 4.79 Å². The van der Waals surface area contributed by atoms with E-state index in [0.29, 0.717) is 24.5 Å². The van der Waals surface area contributed by atoms with Crippen LogP contribution >= 0.6 is 11.3 Å². The summed E-state index contributed by atoms with van der Waals surface area (Å²) < 4.78 is 1.95. The van der Waals surface area contributed by atoms with Crippen molar-refractivity contribution in [3.8, 4) is 0 Å². The molecule has 3 heterocycles. The zero-order valence-corrected chi connectivity index (χ0v) is 12.1. The van der Waals surface area contributed by atoms with Crippen LogP contribution < -0.4 is 10.6 Å². The first-order chi connectivity index (χ1) is 9.56. The molecule has 3 rings (SSSR count). The molecule has 2 aromatic rings. The molecule has 1 aliphatic rings. The summed E-state index contributed by atoms with van der Waals surface area (Å²) in [5.41, 5.74) is 5.85. The highest BCUT2D eigenvalue weighted by molar-refractivity contribution is 7.18. The van der Waals surface area contributed by atoms with Gasteiger partial charge in [0.15, 0.2) is 11.0 Å². The van der Waals surface area contributed by atoms with Crippen LogP contribution in [0.1, 0.15) is 15.5 Å². The number of hydrogen-bond acceptors (Lipinski definition) is 7. The van der Waals surface area contributed by atoms with E-state index < -0.39 is 0 Å². The lowest BCUT2D eigenvalue weighted by Crippen LogP contribution is -2.38. The van der Waals surface area contributed by atoms with Gasteiger partial charge in [-0.25, -0.2) is 4.98 Å². The summed E-state index contributed by atoms with van der Waals surface area (Å²) >= 11 is 1.31. The van der Waals surface area contributed by atoms with Gasteiger partial charge in [-0.2, -0.15) is 0 Å². The van der Waals surface area contributed by atoms with Gasteiger partial charge in [-0.1, -0.05) is 11.3 Å². The Morgan fingerprint density at radius 2 is 2.25 bits per heavy atom. The molecule has 106 valence electrons. The van der Waals surface area contributed by atoms with Crippen LogP contribution in [0.15, 0.2) is 6.33 Å². The summed E-state index contributed by atoms with van der Waals surface area (Å²) in [6.45, 7) is 1.78. The second-order valence-corrected chi connectivity index (χ2v) is 5.75. The number of nitrogens with two attached hydrogens (primary N) is 1. The van der Waals surface area contributed by atoms with Crippen molar-refractivity contribution < 1.29 is 4.79 Å². The average Bonchev–Trinajstić information content (AvgIpc) is 3.03. The van der Waals surface area contributed by atoms with Gasteiger partial charge in [0.25, 0.3) is 5.91 Å². The van der Waals surface area contributed by atoms with E-state index in [2.05, 4.69) is 15.2 Å². The van der Waals surface area contributed by atoms with Crippen molar-refractivity contribution in [2.24, 2.45) is 0 Å². The van der Waals surface area contributed by atoms with Crippen molar-refractivity contribution in [3.63, 3.8) is 0 Å². The first-order valence-corrected chi connectivity index (χ1v) is 6.97. The molecule has 0 fully saturated rings. The molecule has 0 atom stereocenters.